The lowest BCUT2D eigenvalue weighted by Crippen LogP contribution is -2.48. The molecule has 6 nitrogen and oxygen atoms in total. The lowest BCUT2D eigenvalue weighted by molar-refractivity contribution is -0.154. The second-order valence-corrected chi connectivity index (χ2v) is 7.32. The van der Waals surface area contributed by atoms with Crippen LogP contribution in [0.3, 0.4) is 0 Å². The van der Waals surface area contributed by atoms with Crippen LogP contribution < -0.4 is 15.4 Å². The van der Waals surface area contributed by atoms with E-state index in [4.69, 9.17) is 11.6 Å². The van der Waals surface area contributed by atoms with Crippen molar-refractivity contribution in [3.63, 3.8) is 0 Å². The van der Waals surface area contributed by atoms with E-state index in [1.54, 1.807) is 0 Å². The second kappa shape index (κ2) is 9.34. The Labute approximate surface area is 175 Å². The molecular formula is C20H19ClF3N3O3. The summed E-state index contributed by atoms with van der Waals surface area (Å²) in [5.41, 5.74) is 0.859. The van der Waals surface area contributed by atoms with Crippen LogP contribution in [0, 0.1) is 0 Å². The Morgan fingerprint density at radius 1 is 1.23 bits per heavy atom. The van der Waals surface area contributed by atoms with Crippen molar-refractivity contribution in [1.29, 1.82) is 0 Å². The highest BCUT2D eigenvalue weighted by molar-refractivity contribution is 6.32. The molecule has 0 radical (unpaired) electrons. The zero-order valence-corrected chi connectivity index (χ0v) is 16.5. The van der Waals surface area contributed by atoms with Gasteiger partial charge in [0, 0.05) is 18.7 Å². The quantitative estimate of drug-likeness (QED) is 0.658. The van der Waals surface area contributed by atoms with E-state index >= 15 is 0 Å². The van der Waals surface area contributed by atoms with Gasteiger partial charge in [-0.1, -0.05) is 41.9 Å². The molecule has 1 aromatic carbocycles. The van der Waals surface area contributed by atoms with E-state index < -0.39 is 30.6 Å². The average molecular weight is 442 g/mol. The molecule has 3 rings (SSSR count). The fraction of sp³-hybridized carbons (Fsp3) is 0.350. The standard InChI is InChI=1S/C20H19ClF3N3O3/c21-15-9-13(10-25-19(15)30-11-20(22,23)24)17(28)27-16(18(29)26-14-6-7-14)8-12-4-2-1-3-5-12/h1-5,9-10,14,16H,6-8,11H2,(H,26,29)(H,27,28). The Kier molecular flexibility index (Phi) is 6.81. The molecule has 0 spiro atoms. The molecule has 160 valence electrons. The fourth-order valence-electron chi connectivity index (χ4n) is 2.64. The highest BCUT2D eigenvalue weighted by Crippen LogP contribution is 2.25. The SMILES string of the molecule is O=C(NC(Cc1ccccc1)C(=O)NC1CC1)c1cnc(OCC(F)(F)F)c(Cl)c1. The van der Waals surface area contributed by atoms with E-state index in [0.717, 1.165) is 30.7 Å². The summed E-state index contributed by atoms with van der Waals surface area (Å²) in [5, 5.41) is 5.27. The molecule has 1 aliphatic carbocycles. The Bertz CT molecular complexity index is 905. The van der Waals surface area contributed by atoms with Crippen LogP contribution in [0.2, 0.25) is 5.02 Å². The summed E-state index contributed by atoms with van der Waals surface area (Å²) in [7, 11) is 0. The van der Waals surface area contributed by atoms with Gasteiger partial charge in [-0.3, -0.25) is 9.59 Å². The Morgan fingerprint density at radius 2 is 1.93 bits per heavy atom. The van der Waals surface area contributed by atoms with Crippen LogP contribution >= 0.6 is 11.6 Å². The largest absolute Gasteiger partial charge is 0.467 e. The summed E-state index contributed by atoms with van der Waals surface area (Å²) >= 11 is 5.89. The number of carbonyl (C=O) groups excluding carboxylic acids is 2. The fourth-order valence-corrected chi connectivity index (χ4v) is 2.86. The van der Waals surface area contributed by atoms with E-state index in [1.165, 1.54) is 0 Å². The highest BCUT2D eigenvalue weighted by Gasteiger charge is 2.30. The van der Waals surface area contributed by atoms with Crippen LogP contribution in [0.25, 0.3) is 0 Å². The summed E-state index contributed by atoms with van der Waals surface area (Å²) in [6, 6.07) is 9.62. The van der Waals surface area contributed by atoms with Gasteiger partial charge >= 0.3 is 6.18 Å². The van der Waals surface area contributed by atoms with Gasteiger partial charge in [0.1, 0.15) is 11.1 Å². The van der Waals surface area contributed by atoms with Crippen molar-refractivity contribution in [2.45, 2.75) is 37.5 Å². The van der Waals surface area contributed by atoms with Crippen molar-refractivity contribution in [1.82, 2.24) is 15.6 Å². The van der Waals surface area contributed by atoms with Crippen LogP contribution in [0.1, 0.15) is 28.8 Å². The molecule has 1 heterocycles. The number of nitrogens with zero attached hydrogens (tertiary/aromatic N) is 1. The molecule has 30 heavy (non-hydrogen) atoms. The molecule has 1 atom stereocenters. The number of carbonyl (C=O) groups is 2. The summed E-state index contributed by atoms with van der Waals surface area (Å²) < 4.78 is 41.3. The van der Waals surface area contributed by atoms with Gasteiger partial charge < -0.3 is 15.4 Å². The molecule has 1 fully saturated rings. The third-order valence-electron chi connectivity index (χ3n) is 4.27. The Balaban J connectivity index is 1.69. The van der Waals surface area contributed by atoms with Crippen LogP contribution in [-0.2, 0) is 11.2 Å². The first kappa shape index (κ1) is 21.9. The van der Waals surface area contributed by atoms with Gasteiger partial charge in [-0.15, -0.1) is 0 Å². The number of hydrogen-bond donors (Lipinski definition) is 2. The molecule has 1 aromatic heterocycles. The predicted molar refractivity (Wildman–Crippen MR) is 103 cm³/mol. The number of halogens is 4. The first-order chi connectivity index (χ1) is 14.2. The minimum absolute atomic E-state index is 0.00311. The normalized spacial score (nSPS) is 14.7. The van der Waals surface area contributed by atoms with Gasteiger partial charge in [0.15, 0.2) is 6.61 Å². The summed E-state index contributed by atoms with van der Waals surface area (Å²) in [5.74, 6) is -1.37. The number of nitrogens with one attached hydrogen (secondary N) is 2. The molecule has 2 N–H and O–H groups in total. The molecule has 2 aromatic rings. The number of aromatic nitrogens is 1. The van der Waals surface area contributed by atoms with E-state index in [1.807, 2.05) is 30.3 Å². The lowest BCUT2D eigenvalue weighted by Gasteiger charge is -2.19. The molecular weight excluding hydrogens is 423 g/mol. The maximum absolute atomic E-state index is 12.6. The van der Waals surface area contributed by atoms with Crippen molar-refractivity contribution in [3.8, 4) is 5.88 Å². The van der Waals surface area contributed by atoms with Gasteiger partial charge in [0.2, 0.25) is 11.8 Å². The number of pyridine rings is 1. The van der Waals surface area contributed by atoms with E-state index in [2.05, 4.69) is 20.4 Å². The molecule has 1 saturated carbocycles. The van der Waals surface area contributed by atoms with Crippen LogP contribution in [0.4, 0.5) is 13.2 Å². The first-order valence-corrected chi connectivity index (χ1v) is 9.59. The Hall–Kier alpha value is -2.81. The minimum atomic E-state index is -4.54. The van der Waals surface area contributed by atoms with Crippen molar-refractivity contribution >= 4 is 23.4 Å². The first-order valence-electron chi connectivity index (χ1n) is 9.21. The zero-order valence-electron chi connectivity index (χ0n) is 15.7. The summed E-state index contributed by atoms with van der Waals surface area (Å²) in [4.78, 5) is 28.9. The molecule has 1 unspecified atom stereocenters. The smallest absolute Gasteiger partial charge is 0.422 e. The third kappa shape index (κ3) is 6.62. The monoisotopic (exact) mass is 441 g/mol. The van der Waals surface area contributed by atoms with Crippen molar-refractivity contribution in [2.75, 3.05) is 6.61 Å². The number of amides is 2. The summed E-state index contributed by atoms with van der Waals surface area (Å²) in [6.45, 7) is -1.55. The van der Waals surface area contributed by atoms with Crippen LogP contribution in [0.15, 0.2) is 42.6 Å². The minimum Gasteiger partial charge on any atom is -0.467 e. The molecule has 10 heteroatoms. The van der Waals surface area contributed by atoms with Crippen molar-refractivity contribution in [3.05, 3.63) is 58.7 Å². The van der Waals surface area contributed by atoms with Gasteiger partial charge in [-0.05, 0) is 24.5 Å². The maximum atomic E-state index is 12.6. The van der Waals surface area contributed by atoms with Crippen molar-refractivity contribution in [2.24, 2.45) is 0 Å². The van der Waals surface area contributed by atoms with Crippen LogP contribution in [-0.4, -0.2) is 41.7 Å². The molecule has 2 amide bonds. The molecule has 0 aliphatic heterocycles. The maximum Gasteiger partial charge on any atom is 0.422 e. The number of hydrogen-bond acceptors (Lipinski definition) is 4. The average Bonchev–Trinajstić information content (AvgIpc) is 3.50. The van der Waals surface area contributed by atoms with Gasteiger partial charge in [-0.2, -0.15) is 13.2 Å². The summed E-state index contributed by atoms with van der Waals surface area (Å²) in [6.07, 6.45) is -1.42. The lowest BCUT2D eigenvalue weighted by atomic mass is 10.0. The van der Waals surface area contributed by atoms with Gasteiger partial charge in [0.25, 0.3) is 5.91 Å². The second-order valence-electron chi connectivity index (χ2n) is 6.91. The number of ether oxygens (including phenoxy) is 1. The van der Waals surface area contributed by atoms with Gasteiger partial charge in [0.05, 0.1) is 5.56 Å². The molecule has 0 saturated heterocycles. The Morgan fingerprint density at radius 3 is 2.53 bits per heavy atom. The number of benzene rings is 1. The molecule has 0 bridgehead atoms. The van der Waals surface area contributed by atoms with Crippen molar-refractivity contribution < 1.29 is 27.5 Å². The van der Waals surface area contributed by atoms with Crippen LogP contribution in [0.5, 0.6) is 5.88 Å². The van der Waals surface area contributed by atoms with Gasteiger partial charge in [-0.25, -0.2) is 4.98 Å². The topological polar surface area (TPSA) is 80.3 Å². The predicted octanol–water partition coefficient (Wildman–Crippen LogP) is 3.30. The van der Waals surface area contributed by atoms with E-state index in [9.17, 15) is 22.8 Å². The molecule has 1 aliphatic rings. The number of rotatable bonds is 8. The highest BCUT2D eigenvalue weighted by atomic mass is 35.5. The van der Waals surface area contributed by atoms with E-state index in [0.29, 0.717) is 0 Å². The third-order valence-corrected chi connectivity index (χ3v) is 4.54. The van der Waals surface area contributed by atoms with E-state index in [-0.39, 0.29) is 29.0 Å². The number of alkyl halides is 3. The zero-order chi connectivity index (χ0) is 21.7.